The van der Waals surface area contributed by atoms with E-state index in [0.717, 1.165) is 18.3 Å². The van der Waals surface area contributed by atoms with Gasteiger partial charge >= 0.3 is 6.18 Å². The van der Waals surface area contributed by atoms with E-state index in [1.807, 2.05) is 5.43 Å². The topological polar surface area (TPSA) is 125 Å². The van der Waals surface area contributed by atoms with Crippen molar-refractivity contribution in [2.45, 2.75) is 39.9 Å². The first-order valence-electron chi connectivity index (χ1n) is 9.08. The number of para-hydroxylation sites is 1. The molecule has 0 bridgehead atoms. The van der Waals surface area contributed by atoms with Crippen LogP contribution in [0.2, 0.25) is 0 Å². The number of aromatic hydroxyl groups is 1. The third kappa shape index (κ3) is 5.74. The van der Waals surface area contributed by atoms with Gasteiger partial charge in [0.25, 0.3) is 11.8 Å². The number of hydrogen-bond acceptors (Lipinski definition) is 5. The lowest BCUT2D eigenvalue weighted by Crippen LogP contribution is -2.52. The van der Waals surface area contributed by atoms with Crippen molar-refractivity contribution in [2.24, 2.45) is 5.41 Å². The van der Waals surface area contributed by atoms with E-state index in [9.17, 15) is 32.7 Å². The minimum absolute atomic E-state index is 0.388. The van der Waals surface area contributed by atoms with E-state index in [2.05, 4.69) is 15.8 Å². The van der Waals surface area contributed by atoms with Gasteiger partial charge in [-0.3, -0.25) is 25.2 Å². The number of amides is 3. The molecule has 12 heteroatoms. The molecule has 0 aliphatic rings. The molecule has 4 N–H and O–H groups in total. The zero-order valence-corrected chi connectivity index (χ0v) is 17.2. The molecule has 1 heterocycles. The lowest BCUT2D eigenvalue weighted by Gasteiger charge is -2.21. The predicted molar refractivity (Wildman–Crippen MR) is 103 cm³/mol. The van der Waals surface area contributed by atoms with Crippen molar-refractivity contribution in [3.63, 3.8) is 0 Å². The Morgan fingerprint density at radius 1 is 1.10 bits per heavy atom. The second-order valence-electron chi connectivity index (χ2n) is 7.71. The number of hydrazine groups is 1. The number of nitrogens with zero attached hydrogens (tertiary/aromatic N) is 2. The van der Waals surface area contributed by atoms with Gasteiger partial charge in [-0.25, -0.2) is 4.68 Å². The molecule has 1 aromatic carbocycles. The number of benzene rings is 1. The summed E-state index contributed by atoms with van der Waals surface area (Å²) in [7, 11) is 0. The molecular formula is C19H22F3N5O4. The first-order valence-corrected chi connectivity index (χ1v) is 9.08. The van der Waals surface area contributed by atoms with Crippen LogP contribution in [0.4, 0.5) is 13.2 Å². The summed E-state index contributed by atoms with van der Waals surface area (Å²) in [6, 6.07) is 3.51. The Labute approximate surface area is 175 Å². The van der Waals surface area contributed by atoms with Crippen LogP contribution in [0.25, 0.3) is 5.69 Å². The van der Waals surface area contributed by atoms with E-state index in [0.29, 0.717) is 4.68 Å². The van der Waals surface area contributed by atoms with E-state index < -0.39 is 52.1 Å². The number of carbonyl (C=O) groups is 3. The number of carbonyl (C=O) groups excluding carboxylic acids is 3. The first-order chi connectivity index (χ1) is 14.2. The van der Waals surface area contributed by atoms with Crippen molar-refractivity contribution in [3.05, 3.63) is 41.7 Å². The predicted octanol–water partition coefficient (Wildman–Crippen LogP) is 1.91. The molecule has 9 nitrogen and oxygen atoms in total. The molecule has 2 aromatic rings. The maximum atomic E-state index is 13.2. The highest BCUT2D eigenvalue weighted by atomic mass is 19.4. The largest absolute Gasteiger partial charge is 0.504 e. The van der Waals surface area contributed by atoms with Gasteiger partial charge in [-0.1, -0.05) is 32.9 Å². The second kappa shape index (κ2) is 8.66. The normalized spacial score (nSPS) is 12.7. The minimum Gasteiger partial charge on any atom is -0.504 e. The Balaban J connectivity index is 2.11. The molecule has 0 saturated heterocycles. The monoisotopic (exact) mass is 441 g/mol. The third-order valence-corrected chi connectivity index (χ3v) is 4.09. The fourth-order valence-corrected chi connectivity index (χ4v) is 2.33. The summed E-state index contributed by atoms with van der Waals surface area (Å²) in [6.07, 6.45) is -3.84. The summed E-state index contributed by atoms with van der Waals surface area (Å²) in [5.74, 6) is -2.91. The van der Waals surface area contributed by atoms with E-state index in [4.69, 9.17) is 0 Å². The molecule has 0 aliphatic heterocycles. The van der Waals surface area contributed by atoms with Crippen LogP contribution in [0.1, 0.15) is 43.7 Å². The van der Waals surface area contributed by atoms with Gasteiger partial charge in [0.05, 0.1) is 17.4 Å². The molecule has 31 heavy (non-hydrogen) atoms. The van der Waals surface area contributed by atoms with Gasteiger partial charge in [-0.2, -0.15) is 18.3 Å². The average Bonchev–Trinajstić information content (AvgIpc) is 3.06. The molecule has 0 fully saturated rings. The fraction of sp³-hybridized carbons (Fsp3) is 0.368. The van der Waals surface area contributed by atoms with Gasteiger partial charge in [-0.15, -0.1) is 0 Å². The van der Waals surface area contributed by atoms with Crippen molar-refractivity contribution in [1.82, 2.24) is 25.9 Å². The molecule has 0 radical (unpaired) electrons. The van der Waals surface area contributed by atoms with Crippen LogP contribution in [-0.4, -0.2) is 38.7 Å². The summed E-state index contributed by atoms with van der Waals surface area (Å²) in [4.78, 5) is 36.2. The molecule has 1 atom stereocenters. The van der Waals surface area contributed by atoms with Crippen LogP contribution in [0, 0.1) is 5.41 Å². The Kier molecular flexibility index (Phi) is 6.62. The van der Waals surface area contributed by atoms with Crippen molar-refractivity contribution in [1.29, 1.82) is 0 Å². The molecule has 168 valence electrons. The van der Waals surface area contributed by atoms with Gasteiger partial charge in [0.15, 0.2) is 11.4 Å². The smallest absolute Gasteiger partial charge is 0.418 e. The van der Waals surface area contributed by atoms with Crippen LogP contribution in [0.3, 0.4) is 0 Å². The summed E-state index contributed by atoms with van der Waals surface area (Å²) in [6.45, 7) is 6.37. The van der Waals surface area contributed by atoms with Crippen LogP contribution in [0.5, 0.6) is 5.75 Å². The molecule has 0 spiro atoms. The van der Waals surface area contributed by atoms with Crippen molar-refractivity contribution in [3.8, 4) is 11.4 Å². The van der Waals surface area contributed by atoms with Crippen LogP contribution in [-0.2, 0) is 15.8 Å². The maximum Gasteiger partial charge on any atom is 0.418 e. The highest BCUT2D eigenvalue weighted by Crippen LogP contribution is 2.34. The number of rotatable bonds is 4. The number of nitrogens with one attached hydrogen (secondary N) is 3. The van der Waals surface area contributed by atoms with E-state index in [1.54, 1.807) is 20.8 Å². The Hall–Kier alpha value is -3.57. The standard InChI is InChI=1S/C19H22F3N5O4/c1-10(23-17(31)18(2,3)4)15(29)24-25-16(30)14-13(28)9-27(26-14)12-8-6-5-7-11(12)19(20,21)22/h5-10,28H,1-4H3,(H,23,31)(H,24,29)(H,25,30). The number of halogens is 3. The van der Waals surface area contributed by atoms with Crippen LogP contribution < -0.4 is 16.2 Å². The van der Waals surface area contributed by atoms with E-state index >= 15 is 0 Å². The van der Waals surface area contributed by atoms with E-state index in [1.165, 1.54) is 19.1 Å². The summed E-state index contributed by atoms with van der Waals surface area (Å²) in [5, 5.41) is 16.1. The Morgan fingerprint density at radius 2 is 1.71 bits per heavy atom. The highest BCUT2D eigenvalue weighted by Gasteiger charge is 2.34. The number of aromatic nitrogens is 2. The Bertz CT molecular complexity index is 995. The molecule has 0 saturated carbocycles. The van der Waals surface area contributed by atoms with Gasteiger partial charge < -0.3 is 10.4 Å². The number of alkyl halides is 3. The molecule has 2 rings (SSSR count). The van der Waals surface area contributed by atoms with Crippen LogP contribution >= 0.6 is 0 Å². The van der Waals surface area contributed by atoms with Crippen LogP contribution in [0.15, 0.2) is 30.5 Å². The zero-order valence-electron chi connectivity index (χ0n) is 17.2. The van der Waals surface area contributed by atoms with Gasteiger partial charge in [0.1, 0.15) is 6.04 Å². The quantitative estimate of drug-likeness (QED) is 0.540. The number of hydrogen-bond donors (Lipinski definition) is 4. The maximum absolute atomic E-state index is 13.2. The molecular weight excluding hydrogens is 419 g/mol. The molecule has 0 aliphatic carbocycles. The molecule has 1 unspecified atom stereocenters. The van der Waals surface area contributed by atoms with Crippen molar-refractivity contribution >= 4 is 17.7 Å². The third-order valence-electron chi connectivity index (χ3n) is 4.09. The van der Waals surface area contributed by atoms with Crippen molar-refractivity contribution < 1.29 is 32.7 Å². The van der Waals surface area contributed by atoms with Gasteiger partial charge in [-0.05, 0) is 19.1 Å². The summed E-state index contributed by atoms with van der Waals surface area (Å²) >= 11 is 0. The highest BCUT2D eigenvalue weighted by molar-refractivity contribution is 5.97. The lowest BCUT2D eigenvalue weighted by atomic mass is 9.95. The second-order valence-corrected chi connectivity index (χ2v) is 7.71. The molecule has 3 amide bonds. The van der Waals surface area contributed by atoms with Gasteiger partial charge in [0, 0.05) is 5.41 Å². The van der Waals surface area contributed by atoms with Crippen molar-refractivity contribution in [2.75, 3.05) is 0 Å². The average molecular weight is 441 g/mol. The SMILES string of the molecule is CC(NC(=O)C(C)(C)C)C(=O)NNC(=O)c1nn(-c2ccccc2C(F)(F)F)cc1O. The zero-order chi connectivity index (χ0) is 23.6. The minimum atomic E-state index is -4.68. The van der Waals surface area contributed by atoms with Gasteiger partial charge in [0.2, 0.25) is 5.91 Å². The first kappa shape index (κ1) is 23.7. The lowest BCUT2D eigenvalue weighted by molar-refractivity contribution is -0.137. The molecule has 1 aromatic heterocycles. The summed E-state index contributed by atoms with van der Waals surface area (Å²) in [5.41, 5.74) is 1.30. The fourth-order valence-electron chi connectivity index (χ4n) is 2.33. The Morgan fingerprint density at radius 3 is 2.29 bits per heavy atom. The summed E-state index contributed by atoms with van der Waals surface area (Å²) < 4.78 is 40.3. The van der Waals surface area contributed by atoms with E-state index in [-0.39, 0.29) is 5.91 Å².